The van der Waals surface area contributed by atoms with Crippen LogP contribution < -0.4 is 0 Å². The molecule has 34 heavy (non-hydrogen) atoms. The van der Waals surface area contributed by atoms with Gasteiger partial charge in [-0.1, -0.05) is 55.2 Å². The number of amides is 2. The maximum atomic E-state index is 13.8. The van der Waals surface area contributed by atoms with Crippen molar-refractivity contribution in [1.29, 1.82) is 0 Å². The Morgan fingerprint density at radius 3 is 2.50 bits per heavy atom. The number of fused-ring (bicyclic) bond motifs is 1. The van der Waals surface area contributed by atoms with Crippen LogP contribution in [0.2, 0.25) is 0 Å². The first-order chi connectivity index (χ1) is 16.3. The van der Waals surface area contributed by atoms with Crippen molar-refractivity contribution in [1.82, 2.24) is 9.80 Å². The molecule has 4 rings (SSSR count). The van der Waals surface area contributed by atoms with Gasteiger partial charge in [0.05, 0.1) is 6.04 Å². The third-order valence-electron chi connectivity index (χ3n) is 7.51. The first-order valence-electron chi connectivity index (χ1n) is 13.3. The SMILES string of the molecule is CC(C)(C)OC(=O)N(CC(=O)N1CCc2ccccc2C1C1CCCCC1)CC1=CCCCC1. The molecule has 1 heterocycles. The van der Waals surface area contributed by atoms with Crippen molar-refractivity contribution < 1.29 is 14.3 Å². The zero-order valence-electron chi connectivity index (χ0n) is 21.4. The molecule has 1 fully saturated rings. The summed E-state index contributed by atoms with van der Waals surface area (Å²) in [5.41, 5.74) is 3.35. The van der Waals surface area contributed by atoms with Crippen LogP contribution in [-0.4, -0.2) is 47.0 Å². The molecule has 1 saturated carbocycles. The Kier molecular flexibility index (Phi) is 8.00. The quantitative estimate of drug-likeness (QED) is 0.470. The first-order valence-corrected chi connectivity index (χ1v) is 13.3. The van der Waals surface area contributed by atoms with Crippen molar-refractivity contribution in [2.45, 2.75) is 96.6 Å². The number of rotatable bonds is 5. The van der Waals surface area contributed by atoms with Gasteiger partial charge in [0.15, 0.2) is 0 Å². The number of hydrogen-bond donors (Lipinski definition) is 0. The minimum atomic E-state index is -0.589. The smallest absolute Gasteiger partial charge is 0.411 e. The number of allylic oxidation sites excluding steroid dienone is 1. The average molecular weight is 467 g/mol. The van der Waals surface area contributed by atoms with Gasteiger partial charge in [-0.3, -0.25) is 9.69 Å². The summed E-state index contributed by atoms with van der Waals surface area (Å²) in [6.45, 7) is 6.93. The minimum absolute atomic E-state index is 0.0485. The van der Waals surface area contributed by atoms with Crippen LogP contribution in [0.4, 0.5) is 4.79 Å². The van der Waals surface area contributed by atoms with E-state index in [9.17, 15) is 9.59 Å². The van der Waals surface area contributed by atoms with Crippen LogP contribution in [0.5, 0.6) is 0 Å². The molecule has 0 N–H and O–H groups in total. The van der Waals surface area contributed by atoms with Gasteiger partial charge in [0.2, 0.25) is 5.91 Å². The molecule has 5 heteroatoms. The lowest BCUT2D eigenvalue weighted by molar-refractivity contribution is -0.137. The van der Waals surface area contributed by atoms with E-state index < -0.39 is 5.60 Å². The molecule has 3 aliphatic rings. The van der Waals surface area contributed by atoms with E-state index >= 15 is 0 Å². The van der Waals surface area contributed by atoms with Crippen LogP contribution in [-0.2, 0) is 16.0 Å². The number of carbonyl (C=O) groups excluding carboxylic acids is 2. The summed E-state index contributed by atoms with van der Waals surface area (Å²) in [5, 5.41) is 0. The lowest BCUT2D eigenvalue weighted by Gasteiger charge is -2.43. The summed E-state index contributed by atoms with van der Waals surface area (Å²) in [6.07, 6.45) is 13.2. The highest BCUT2D eigenvalue weighted by atomic mass is 16.6. The number of ether oxygens (including phenoxy) is 1. The lowest BCUT2D eigenvalue weighted by Crippen LogP contribution is -2.49. The van der Waals surface area contributed by atoms with Crippen LogP contribution in [0.15, 0.2) is 35.9 Å². The molecule has 0 aromatic heterocycles. The molecular weight excluding hydrogens is 424 g/mol. The zero-order chi connectivity index (χ0) is 24.1. The molecule has 0 radical (unpaired) electrons. The number of nitrogens with zero attached hydrogens (tertiary/aromatic N) is 2. The fourth-order valence-corrected chi connectivity index (χ4v) is 5.90. The second kappa shape index (κ2) is 11.0. The molecule has 2 amide bonds. The third-order valence-corrected chi connectivity index (χ3v) is 7.51. The van der Waals surface area contributed by atoms with Crippen LogP contribution in [0.3, 0.4) is 0 Å². The standard InChI is InChI=1S/C29H42N2O3/c1-29(2,3)34-28(33)30(20-22-12-6-4-7-13-22)21-26(32)31-19-18-23-14-10-11-17-25(23)27(31)24-15-8-5-9-16-24/h10-12,14,17,24,27H,4-9,13,15-16,18-21H2,1-3H3. The molecule has 0 bridgehead atoms. The maximum absolute atomic E-state index is 13.8. The van der Waals surface area contributed by atoms with Gasteiger partial charge in [0.1, 0.15) is 12.1 Å². The van der Waals surface area contributed by atoms with Crippen molar-refractivity contribution in [3.8, 4) is 0 Å². The summed E-state index contributed by atoms with van der Waals surface area (Å²) < 4.78 is 5.72. The van der Waals surface area contributed by atoms with Crippen LogP contribution in [0, 0.1) is 5.92 Å². The summed E-state index contributed by atoms with van der Waals surface area (Å²) in [5.74, 6) is 0.544. The Morgan fingerprint density at radius 1 is 1.03 bits per heavy atom. The number of carbonyl (C=O) groups is 2. The molecular formula is C29H42N2O3. The van der Waals surface area contributed by atoms with Gasteiger partial charge in [0, 0.05) is 13.1 Å². The molecule has 1 aromatic carbocycles. The normalized spacial score (nSPS) is 21.4. The summed E-state index contributed by atoms with van der Waals surface area (Å²) in [7, 11) is 0. The largest absolute Gasteiger partial charge is 0.444 e. The summed E-state index contributed by atoms with van der Waals surface area (Å²) >= 11 is 0. The van der Waals surface area contributed by atoms with Crippen LogP contribution >= 0.6 is 0 Å². The van der Waals surface area contributed by atoms with Crippen molar-refractivity contribution in [3.05, 3.63) is 47.0 Å². The van der Waals surface area contributed by atoms with E-state index in [1.54, 1.807) is 4.90 Å². The molecule has 5 nitrogen and oxygen atoms in total. The van der Waals surface area contributed by atoms with E-state index in [0.717, 1.165) is 32.2 Å². The van der Waals surface area contributed by atoms with Crippen molar-refractivity contribution in [2.24, 2.45) is 5.92 Å². The van der Waals surface area contributed by atoms with Crippen molar-refractivity contribution in [2.75, 3.05) is 19.6 Å². The van der Waals surface area contributed by atoms with Gasteiger partial charge in [-0.2, -0.15) is 0 Å². The van der Waals surface area contributed by atoms with Gasteiger partial charge in [-0.25, -0.2) is 4.79 Å². The number of hydrogen-bond acceptors (Lipinski definition) is 3. The predicted molar refractivity (Wildman–Crippen MR) is 136 cm³/mol. The maximum Gasteiger partial charge on any atom is 0.411 e. The van der Waals surface area contributed by atoms with Crippen LogP contribution in [0.1, 0.15) is 95.7 Å². The van der Waals surface area contributed by atoms with E-state index in [1.165, 1.54) is 55.2 Å². The Labute approximate surface area is 205 Å². The van der Waals surface area contributed by atoms with Gasteiger partial charge < -0.3 is 9.64 Å². The highest BCUT2D eigenvalue weighted by Crippen LogP contribution is 2.42. The molecule has 1 aromatic rings. The molecule has 1 aliphatic heterocycles. The van der Waals surface area contributed by atoms with Gasteiger partial charge in [-0.05, 0) is 82.8 Å². The Hall–Kier alpha value is -2.30. The highest BCUT2D eigenvalue weighted by Gasteiger charge is 2.38. The monoisotopic (exact) mass is 466 g/mol. The number of benzene rings is 1. The predicted octanol–water partition coefficient (Wildman–Crippen LogP) is 6.43. The van der Waals surface area contributed by atoms with Crippen LogP contribution in [0.25, 0.3) is 0 Å². The second-order valence-corrected chi connectivity index (χ2v) is 11.3. The van der Waals surface area contributed by atoms with E-state index in [4.69, 9.17) is 4.74 Å². The van der Waals surface area contributed by atoms with E-state index in [1.807, 2.05) is 20.8 Å². The molecule has 1 atom stereocenters. The molecule has 186 valence electrons. The lowest BCUT2D eigenvalue weighted by atomic mass is 9.77. The van der Waals surface area contributed by atoms with E-state index in [-0.39, 0.29) is 24.6 Å². The Balaban J connectivity index is 1.56. The molecule has 0 saturated heterocycles. The Morgan fingerprint density at radius 2 is 1.79 bits per heavy atom. The third kappa shape index (κ3) is 6.22. The molecule has 1 unspecified atom stereocenters. The molecule has 0 spiro atoms. The fourth-order valence-electron chi connectivity index (χ4n) is 5.90. The zero-order valence-corrected chi connectivity index (χ0v) is 21.4. The Bertz CT molecular complexity index is 895. The molecule has 2 aliphatic carbocycles. The summed E-state index contributed by atoms with van der Waals surface area (Å²) in [6, 6.07) is 8.76. The van der Waals surface area contributed by atoms with Gasteiger partial charge in [-0.15, -0.1) is 0 Å². The van der Waals surface area contributed by atoms with Gasteiger partial charge >= 0.3 is 6.09 Å². The van der Waals surface area contributed by atoms with E-state index in [0.29, 0.717) is 12.5 Å². The highest BCUT2D eigenvalue weighted by molar-refractivity contribution is 5.83. The van der Waals surface area contributed by atoms with Crippen molar-refractivity contribution in [3.63, 3.8) is 0 Å². The van der Waals surface area contributed by atoms with Crippen molar-refractivity contribution >= 4 is 12.0 Å². The average Bonchev–Trinajstić information content (AvgIpc) is 2.83. The topological polar surface area (TPSA) is 49.9 Å². The minimum Gasteiger partial charge on any atom is -0.444 e. The first kappa shape index (κ1) is 24.8. The second-order valence-electron chi connectivity index (χ2n) is 11.3. The summed E-state index contributed by atoms with van der Waals surface area (Å²) in [4.78, 5) is 30.7. The van der Waals surface area contributed by atoms with E-state index in [2.05, 4.69) is 35.2 Å². The fraction of sp³-hybridized carbons (Fsp3) is 0.655. The van der Waals surface area contributed by atoms with Gasteiger partial charge in [0.25, 0.3) is 0 Å².